The average molecular weight is 869 g/mol. The molecule has 13 rings (SSSR count). The van der Waals surface area contributed by atoms with Gasteiger partial charge in [0.15, 0.2) is 0 Å². The summed E-state index contributed by atoms with van der Waals surface area (Å²) in [7, 11) is 0. The lowest BCUT2D eigenvalue weighted by molar-refractivity contribution is 0.670. The maximum absolute atomic E-state index is 10.4. The molecular weight excluding hydrogens is 789 g/mol. The SMILES string of the molecule is [2H]c1c([2H])c(-c2c([2H])c([2H])c(N(c3c([2H])c([2H])c(-c4c([2H])c([2H])c([2H])c5c([2H])c([2H])c([2H])c([2H])c45)c([2H])c3[2H])c3c([2H])c([2H])c(-c4c([2H])c([2H])c([2H])c5c([2H])c([2H])c([2H])c([2H])c45)c([2H])c3[2H])c3c2oc2c([2H])c([2H])c([2H])c([2H])c23)c([2H])c(-n2c3c([2H])c([2H])c([2H])c([2H])c3c3c([2H])c([2H])c([2H])c([2H])c32)c1[2H]. The van der Waals surface area contributed by atoms with Crippen molar-refractivity contribution < 1.29 is 59.2 Å². The number of hydrogen-bond acceptors (Lipinski definition) is 2. The van der Waals surface area contributed by atoms with Gasteiger partial charge in [-0.2, -0.15) is 0 Å². The molecule has 13 aromatic rings. The van der Waals surface area contributed by atoms with E-state index >= 15 is 0 Å². The van der Waals surface area contributed by atoms with Crippen LogP contribution in [-0.2, 0) is 0 Å². The Morgan fingerprint density at radius 1 is 0.369 bits per heavy atom. The minimum absolute atomic E-state index is 0.261. The lowest BCUT2D eigenvalue weighted by atomic mass is 9.96. The van der Waals surface area contributed by atoms with Gasteiger partial charge in [0.25, 0.3) is 0 Å². The van der Waals surface area contributed by atoms with Gasteiger partial charge < -0.3 is 13.9 Å². The molecule has 0 aliphatic carbocycles. The summed E-state index contributed by atoms with van der Waals surface area (Å²) in [6.45, 7) is 0. The summed E-state index contributed by atoms with van der Waals surface area (Å²) < 4.78 is 376. The number of rotatable bonds is 7. The van der Waals surface area contributed by atoms with Gasteiger partial charge >= 0.3 is 0 Å². The first-order chi connectivity index (χ1) is 48.9. The van der Waals surface area contributed by atoms with Crippen LogP contribution < -0.4 is 4.90 Å². The number of nitrogens with zero attached hydrogens (tertiary/aromatic N) is 2. The average Bonchev–Trinajstić information content (AvgIpc) is 1.65. The van der Waals surface area contributed by atoms with Gasteiger partial charge in [0.1, 0.15) is 11.2 Å². The molecule has 0 aliphatic heterocycles. The van der Waals surface area contributed by atoms with E-state index in [-0.39, 0.29) is 4.90 Å². The van der Waals surface area contributed by atoms with E-state index in [9.17, 15) is 27.4 Å². The third-order valence-electron chi connectivity index (χ3n) is 10.2. The standard InChI is InChI=1S/C62H40N2O/c1-3-20-49-41(14-1)16-12-25-51(49)43-30-34-46(35-31-43)63(47-36-32-44(33-37-47)52-26-13-17-42-15-2-4-21-50(42)52)59-39-38-53(62-61(59)56-24-7-10-29-60(56)65-62)45-18-11-19-48(40-45)64-57-27-8-5-22-54(57)55-23-6-9-28-58(55)64/h1-40H/i1D,2D,3D,4D,5D,6D,7D,8D,9D,10D,11D,12D,13D,14D,15D,16D,17D,18D,19D,20D,21D,22D,23D,24D,25D,26D,27D,28D,29D,30D,31D,32D,33D,34D,35D,36D,37D,38D,39D,40D. The molecule has 65 heavy (non-hydrogen) atoms. The van der Waals surface area contributed by atoms with Crippen molar-refractivity contribution in [3.05, 3.63) is 242 Å². The summed E-state index contributed by atoms with van der Waals surface area (Å²) in [6, 6.07) is -44.9. The highest BCUT2D eigenvalue weighted by molar-refractivity contribution is 6.17. The van der Waals surface area contributed by atoms with E-state index in [1.165, 1.54) is 0 Å². The Morgan fingerprint density at radius 3 is 1.46 bits per heavy atom. The number of fused-ring (bicyclic) bond motifs is 8. The minimum Gasteiger partial charge on any atom is -0.455 e. The number of aromatic nitrogens is 1. The van der Waals surface area contributed by atoms with Gasteiger partial charge in [-0.05, 0) is 116 Å². The van der Waals surface area contributed by atoms with Gasteiger partial charge in [-0.1, -0.05) is 175 Å². The van der Waals surface area contributed by atoms with Crippen LogP contribution in [0.1, 0.15) is 54.8 Å². The molecule has 3 heteroatoms. The molecule has 0 amide bonds. The van der Waals surface area contributed by atoms with Gasteiger partial charge in [-0.25, -0.2) is 0 Å². The van der Waals surface area contributed by atoms with Crippen LogP contribution in [0.25, 0.3) is 104 Å². The van der Waals surface area contributed by atoms with Gasteiger partial charge in [-0.15, -0.1) is 0 Å². The van der Waals surface area contributed by atoms with Gasteiger partial charge in [0.2, 0.25) is 0 Å². The van der Waals surface area contributed by atoms with Crippen molar-refractivity contribution in [2.24, 2.45) is 0 Å². The highest BCUT2D eigenvalue weighted by atomic mass is 16.3. The quantitative estimate of drug-likeness (QED) is 0.159. The molecule has 0 spiro atoms. The first-order valence-corrected chi connectivity index (χ1v) is 19.0. The van der Waals surface area contributed by atoms with E-state index in [0.717, 1.165) is 0 Å². The zero-order valence-electron chi connectivity index (χ0n) is 72.3. The third kappa shape index (κ3) is 6.05. The molecule has 0 radical (unpaired) electrons. The van der Waals surface area contributed by atoms with Crippen molar-refractivity contribution in [1.29, 1.82) is 0 Å². The van der Waals surface area contributed by atoms with E-state index in [2.05, 4.69) is 0 Å². The molecule has 0 saturated carbocycles. The molecule has 0 N–H and O–H groups in total. The van der Waals surface area contributed by atoms with Crippen LogP contribution in [0, 0.1) is 0 Å². The Morgan fingerprint density at radius 2 is 0.862 bits per heavy atom. The van der Waals surface area contributed by atoms with Crippen LogP contribution in [0.15, 0.2) is 246 Å². The molecule has 304 valence electrons. The second kappa shape index (κ2) is 15.0. The summed E-state index contributed by atoms with van der Waals surface area (Å²) in [5.41, 5.74) is -14.5. The van der Waals surface area contributed by atoms with Crippen LogP contribution in [0.3, 0.4) is 0 Å². The molecule has 2 aromatic heterocycles. The summed E-state index contributed by atoms with van der Waals surface area (Å²) >= 11 is 0. The molecule has 0 saturated heterocycles. The Bertz CT molecular complexity index is 6010. The number of para-hydroxylation sites is 3. The highest BCUT2D eigenvalue weighted by Crippen LogP contribution is 2.47. The number of furan rings is 1. The Hall–Kier alpha value is -8.66. The van der Waals surface area contributed by atoms with Crippen molar-refractivity contribution in [2.75, 3.05) is 4.90 Å². The van der Waals surface area contributed by atoms with Crippen LogP contribution in [0.5, 0.6) is 0 Å². The molecular formula is C62H40N2O. The summed E-state index contributed by atoms with van der Waals surface area (Å²) in [5, 5.41) is -6.14. The topological polar surface area (TPSA) is 21.3 Å². The lowest BCUT2D eigenvalue weighted by Gasteiger charge is -2.27. The normalized spacial score (nSPS) is 20.3. The third-order valence-corrected chi connectivity index (χ3v) is 10.2. The van der Waals surface area contributed by atoms with Crippen LogP contribution >= 0.6 is 0 Å². The first kappa shape index (κ1) is 14.7. The predicted octanol–water partition coefficient (Wildman–Crippen LogP) is 17.5. The van der Waals surface area contributed by atoms with Crippen LogP contribution in [-0.4, -0.2) is 4.57 Å². The van der Waals surface area contributed by atoms with E-state index in [0.29, 0.717) is 4.57 Å². The largest absolute Gasteiger partial charge is 0.455 e. The Labute approximate surface area is 432 Å². The monoisotopic (exact) mass is 869 g/mol. The minimum atomic E-state index is -1.46. The lowest BCUT2D eigenvalue weighted by Crippen LogP contribution is -2.10. The van der Waals surface area contributed by atoms with Crippen molar-refractivity contribution >= 4 is 82.4 Å². The number of benzene rings is 11. The van der Waals surface area contributed by atoms with E-state index < -0.39 is 363 Å². The fourth-order valence-corrected chi connectivity index (χ4v) is 7.44. The van der Waals surface area contributed by atoms with E-state index in [4.69, 9.17) is 31.8 Å². The maximum atomic E-state index is 10.4. The van der Waals surface area contributed by atoms with Crippen LogP contribution in [0.4, 0.5) is 17.1 Å². The fourth-order valence-electron chi connectivity index (χ4n) is 7.44. The molecule has 0 fully saturated rings. The molecule has 3 nitrogen and oxygen atoms in total. The smallest absolute Gasteiger partial charge is 0.145 e. The zero-order valence-corrected chi connectivity index (χ0v) is 32.3. The van der Waals surface area contributed by atoms with Crippen molar-refractivity contribution in [3.63, 3.8) is 0 Å². The van der Waals surface area contributed by atoms with E-state index in [1.54, 1.807) is 0 Å². The summed E-state index contributed by atoms with van der Waals surface area (Å²) in [6.07, 6.45) is 0. The molecule has 2 heterocycles. The van der Waals surface area contributed by atoms with E-state index in [1.807, 2.05) is 0 Å². The zero-order chi connectivity index (χ0) is 77.7. The number of hydrogen-bond donors (Lipinski definition) is 0. The molecule has 0 atom stereocenters. The van der Waals surface area contributed by atoms with Gasteiger partial charge in [0.05, 0.1) is 76.9 Å². The Kier molecular flexibility index (Phi) is 3.39. The molecule has 0 aliphatic rings. The second-order valence-electron chi connectivity index (χ2n) is 13.8. The van der Waals surface area contributed by atoms with Gasteiger partial charge in [-0.3, -0.25) is 0 Å². The molecule has 0 unspecified atom stereocenters. The van der Waals surface area contributed by atoms with Gasteiger partial charge in [0, 0.05) is 38.8 Å². The van der Waals surface area contributed by atoms with Crippen molar-refractivity contribution in [1.82, 2.24) is 4.57 Å². The molecule has 11 aromatic carbocycles. The molecule has 0 bridgehead atoms. The van der Waals surface area contributed by atoms with Crippen molar-refractivity contribution in [3.8, 4) is 39.1 Å². The maximum Gasteiger partial charge on any atom is 0.145 e. The van der Waals surface area contributed by atoms with Crippen molar-refractivity contribution in [2.45, 2.75) is 0 Å². The fraction of sp³-hybridized carbons (Fsp3) is 0. The highest BCUT2D eigenvalue weighted by Gasteiger charge is 2.23. The number of anilines is 3. The van der Waals surface area contributed by atoms with Crippen LogP contribution in [0.2, 0.25) is 0 Å². The Balaban J connectivity index is 1.26. The predicted molar refractivity (Wildman–Crippen MR) is 274 cm³/mol. The second-order valence-corrected chi connectivity index (χ2v) is 13.8. The summed E-state index contributed by atoms with van der Waals surface area (Å²) in [4.78, 5) is 0.261. The summed E-state index contributed by atoms with van der Waals surface area (Å²) in [5.74, 6) is 0. The first-order valence-electron chi connectivity index (χ1n) is 39.0.